The molecule has 0 atom stereocenters. The molecule has 37 heavy (non-hydrogen) atoms. The lowest BCUT2D eigenvalue weighted by atomic mass is 10.1. The molecule has 7 heteroatoms. The number of hydrogen-bond donors (Lipinski definition) is 2. The molecular weight excluding hydrogens is 469 g/mol. The molecule has 0 heterocycles. The van der Waals surface area contributed by atoms with Gasteiger partial charge >= 0.3 is 6.03 Å². The number of nitrogens with one attached hydrogen (secondary N) is 2. The highest BCUT2D eigenvalue weighted by Crippen LogP contribution is 2.25. The van der Waals surface area contributed by atoms with E-state index in [0.717, 1.165) is 19.3 Å². The highest BCUT2D eigenvalue weighted by molar-refractivity contribution is 6.01. The molecule has 0 saturated heterocycles. The molecule has 0 aliphatic rings. The van der Waals surface area contributed by atoms with E-state index >= 15 is 0 Å². The van der Waals surface area contributed by atoms with Crippen LogP contribution in [0, 0.1) is 5.82 Å². The molecule has 0 aromatic heterocycles. The van der Waals surface area contributed by atoms with Gasteiger partial charge in [0, 0.05) is 25.2 Å². The number of ether oxygens (including phenoxy) is 1. The first kappa shape index (κ1) is 27.7. The van der Waals surface area contributed by atoms with Crippen molar-refractivity contribution in [3.05, 3.63) is 84.7 Å². The average molecular weight is 506 g/mol. The molecule has 0 radical (unpaired) electrons. The summed E-state index contributed by atoms with van der Waals surface area (Å²) in [6, 6.07) is 22.2. The lowest BCUT2D eigenvalue weighted by molar-refractivity contribution is -0.121. The second kappa shape index (κ2) is 15.3. The van der Waals surface area contributed by atoms with Crippen molar-refractivity contribution < 1.29 is 18.7 Å². The quantitative estimate of drug-likeness (QED) is 0.223. The van der Waals surface area contributed by atoms with Crippen LogP contribution in [0.4, 0.5) is 20.6 Å². The Hall–Kier alpha value is -3.87. The Balaban J connectivity index is 1.59. The van der Waals surface area contributed by atoms with Gasteiger partial charge in [-0.05, 0) is 61.4 Å². The van der Waals surface area contributed by atoms with Crippen molar-refractivity contribution in [1.29, 1.82) is 0 Å². The lowest BCUT2D eigenvalue weighted by Gasteiger charge is -2.24. The van der Waals surface area contributed by atoms with Gasteiger partial charge in [-0.1, -0.05) is 62.9 Å². The maximum atomic E-state index is 14.1. The monoisotopic (exact) mass is 505 g/mol. The average Bonchev–Trinajstić information content (AvgIpc) is 2.91. The fraction of sp³-hybridized carbons (Fsp3) is 0.333. The van der Waals surface area contributed by atoms with Gasteiger partial charge < -0.3 is 15.4 Å². The van der Waals surface area contributed by atoms with E-state index in [4.69, 9.17) is 4.74 Å². The van der Waals surface area contributed by atoms with Gasteiger partial charge in [0.15, 0.2) is 0 Å². The van der Waals surface area contributed by atoms with Crippen LogP contribution in [0.2, 0.25) is 0 Å². The highest BCUT2D eigenvalue weighted by atomic mass is 19.1. The summed E-state index contributed by atoms with van der Waals surface area (Å²) in [7, 11) is 0. The zero-order valence-electron chi connectivity index (χ0n) is 21.4. The van der Waals surface area contributed by atoms with Crippen molar-refractivity contribution in [1.82, 2.24) is 5.32 Å². The summed E-state index contributed by atoms with van der Waals surface area (Å²) in [6.07, 6.45) is 6.56. The van der Waals surface area contributed by atoms with Crippen molar-refractivity contribution in [3.63, 3.8) is 0 Å². The van der Waals surface area contributed by atoms with Crippen LogP contribution in [0.1, 0.15) is 51.9 Å². The van der Waals surface area contributed by atoms with Gasteiger partial charge in [0.1, 0.15) is 17.3 Å². The summed E-state index contributed by atoms with van der Waals surface area (Å²) < 4.78 is 20.0. The van der Waals surface area contributed by atoms with Crippen LogP contribution in [0.25, 0.3) is 0 Å². The van der Waals surface area contributed by atoms with Gasteiger partial charge in [-0.3, -0.25) is 9.69 Å². The summed E-state index contributed by atoms with van der Waals surface area (Å²) in [5.74, 6) is 0.871. The molecule has 196 valence electrons. The number of anilines is 2. The zero-order chi connectivity index (χ0) is 26.3. The third-order valence-electron chi connectivity index (χ3n) is 5.88. The lowest BCUT2D eigenvalue weighted by Crippen LogP contribution is -2.37. The van der Waals surface area contributed by atoms with E-state index in [1.54, 1.807) is 36.4 Å². The number of halogens is 1. The Bertz CT molecular complexity index is 1110. The predicted octanol–water partition coefficient (Wildman–Crippen LogP) is 7.52. The molecule has 3 rings (SSSR count). The van der Waals surface area contributed by atoms with E-state index in [-0.39, 0.29) is 11.6 Å². The Labute approximate surface area is 218 Å². The summed E-state index contributed by atoms with van der Waals surface area (Å²) in [5, 5.41) is 5.59. The van der Waals surface area contributed by atoms with Gasteiger partial charge in [0.2, 0.25) is 5.91 Å². The third kappa shape index (κ3) is 9.60. The number of urea groups is 1. The van der Waals surface area contributed by atoms with Crippen molar-refractivity contribution in [2.45, 2.75) is 51.9 Å². The van der Waals surface area contributed by atoms with Crippen molar-refractivity contribution in [2.75, 3.05) is 23.3 Å². The number of carbonyl (C=O) groups is 2. The van der Waals surface area contributed by atoms with Gasteiger partial charge in [-0.2, -0.15) is 0 Å². The normalized spacial score (nSPS) is 10.5. The molecule has 0 aliphatic carbocycles. The van der Waals surface area contributed by atoms with Crippen LogP contribution in [-0.4, -0.2) is 25.0 Å². The van der Waals surface area contributed by atoms with Crippen molar-refractivity contribution >= 4 is 23.3 Å². The summed E-state index contributed by atoms with van der Waals surface area (Å²) in [4.78, 5) is 26.8. The molecule has 0 saturated carbocycles. The summed E-state index contributed by atoms with van der Waals surface area (Å²) in [5.41, 5.74) is 0.745. The number of carbonyl (C=O) groups excluding carboxylic acids is 2. The Morgan fingerprint density at radius 3 is 2.22 bits per heavy atom. The molecule has 0 unspecified atom stereocenters. The summed E-state index contributed by atoms with van der Waals surface area (Å²) >= 11 is 0. The second-order valence-electron chi connectivity index (χ2n) is 8.84. The number of amides is 3. The molecule has 3 amide bonds. The standard InChI is InChI=1S/C30H36FN3O3/c1-2-3-4-5-9-17-29(35)32-22-12-23-34(30(36)33-28-16-11-10-15-27(28)31)24-18-20-26(21-19-24)37-25-13-7-6-8-14-25/h6-8,10-11,13-16,18-21H,2-5,9,12,17,22-23H2,1H3,(H,32,35)(H,33,36). The minimum absolute atomic E-state index is 0.0290. The number of benzene rings is 3. The van der Waals surface area contributed by atoms with E-state index < -0.39 is 11.8 Å². The molecule has 2 N–H and O–H groups in total. The van der Waals surface area contributed by atoms with E-state index in [0.29, 0.717) is 43.1 Å². The number of unbranched alkanes of at least 4 members (excludes halogenated alkanes) is 4. The molecule has 0 fully saturated rings. The Kier molecular flexibility index (Phi) is 11.5. The Morgan fingerprint density at radius 1 is 0.811 bits per heavy atom. The number of hydrogen-bond acceptors (Lipinski definition) is 3. The van der Waals surface area contributed by atoms with Crippen LogP contribution in [-0.2, 0) is 4.79 Å². The number of nitrogens with zero attached hydrogens (tertiary/aromatic N) is 1. The van der Waals surface area contributed by atoms with Crippen LogP contribution in [0.5, 0.6) is 11.5 Å². The van der Waals surface area contributed by atoms with Crippen molar-refractivity contribution in [3.8, 4) is 11.5 Å². The first-order chi connectivity index (χ1) is 18.1. The minimum Gasteiger partial charge on any atom is -0.457 e. The maximum Gasteiger partial charge on any atom is 0.326 e. The maximum absolute atomic E-state index is 14.1. The molecular formula is C30H36FN3O3. The largest absolute Gasteiger partial charge is 0.457 e. The topological polar surface area (TPSA) is 70.7 Å². The minimum atomic E-state index is -0.506. The van der Waals surface area contributed by atoms with Crippen LogP contribution in [0.3, 0.4) is 0 Å². The van der Waals surface area contributed by atoms with Gasteiger partial charge in [-0.25, -0.2) is 9.18 Å². The fourth-order valence-corrected chi connectivity index (χ4v) is 3.85. The smallest absolute Gasteiger partial charge is 0.326 e. The van der Waals surface area contributed by atoms with E-state index in [9.17, 15) is 14.0 Å². The first-order valence-corrected chi connectivity index (χ1v) is 13.0. The van der Waals surface area contributed by atoms with Gasteiger partial charge in [0.25, 0.3) is 0 Å². The summed E-state index contributed by atoms with van der Waals surface area (Å²) in [6.45, 7) is 2.96. The van der Waals surface area contributed by atoms with Crippen LogP contribution in [0.15, 0.2) is 78.9 Å². The molecule has 0 spiro atoms. The molecule has 3 aromatic rings. The Morgan fingerprint density at radius 2 is 1.49 bits per heavy atom. The molecule has 0 aliphatic heterocycles. The van der Waals surface area contributed by atoms with Crippen LogP contribution < -0.4 is 20.3 Å². The number of para-hydroxylation sites is 2. The van der Waals surface area contributed by atoms with Crippen molar-refractivity contribution in [2.24, 2.45) is 0 Å². The van der Waals surface area contributed by atoms with Gasteiger partial charge in [-0.15, -0.1) is 0 Å². The third-order valence-corrected chi connectivity index (χ3v) is 5.88. The van der Waals surface area contributed by atoms with E-state index in [1.807, 2.05) is 30.3 Å². The number of rotatable bonds is 14. The van der Waals surface area contributed by atoms with Gasteiger partial charge in [0.05, 0.1) is 5.69 Å². The predicted molar refractivity (Wildman–Crippen MR) is 147 cm³/mol. The highest BCUT2D eigenvalue weighted by Gasteiger charge is 2.17. The fourth-order valence-electron chi connectivity index (χ4n) is 3.85. The SMILES string of the molecule is CCCCCCCC(=O)NCCCN(C(=O)Nc1ccccc1F)c1ccc(Oc2ccccc2)cc1. The second-order valence-corrected chi connectivity index (χ2v) is 8.84. The molecule has 3 aromatic carbocycles. The zero-order valence-corrected chi connectivity index (χ0v) is 21.4. The first-order valence-electron chi connectivity index (χ1n) is 13.0. The van der Waals surface area contributed by atoms with E-state index in [1.165, 1.54) is 29.9 Å². The van der Waals surface area contributed by atoms with E-state index in [2.05, 4.69) is 17.6 Å². The van der Waals surface area contributed by atoms with Crippen LogP contribution >= 0.6 is 0 Å². The molecule has 6 nitrogen and oxygen atoms in total. The molecule has 0 bridgehead atoms.